The highest BCUT2D eigenvalue weighted by molar-refractivity contribution is 9.10. The fourth-order valence-corrected chi connectivity index (χ4v) is 2.51. The lowest BCUT2D eigenvalue weighted by Gasteiger charge is -2.13. The first kappa shape index (κ1) is 16.3. The number of hydrogen-bond acceptors (Lipinski definition) is 2. The van der Waals surface area contributed by atoms with E-state index >= 15 is 0 Å². The normalized spacial score (nSPS) is 12.2. The molecule has 0 aliphatic carbocycles. The summed E-state index contributed by atoms with van der Waals surface area (Å²) in [6, 6.07) is 13.9. The van der Waals surface area contributed by atoms with Crippen molar-refractivity contribution in [1.82, 2.24) is 0 Å². The predicted octanol–water partition coefficient (Wildman–Crippen LogP) is 4.96. The van der Waals surface area contributed by atoms with E-state index in [0.29, 0.717) is 6.61 Å². The Morgan fingerprint density at radius 3 is 2.57 bits per heavy atom. The minimum atomic E-state index is 0.174. The van der Waals surface area contributed by atoms with Crippen molar-refractivity contribution in [3.63, 3.8) is 0 Å². The summed E-state index contributed by atoms with van der Waals surface area (Å²) in [7, 11) is 0. The highest BCUT2D eigenvalue weighted by Crippen LogP contribution is 2.24. The Bertz CT molecular complexity index is 586. The van der Waals surface area contributed by atoms with E-state index in [0.717, 1.165) is 33.6 Å². The van der Waals surface area contributed by atoms with Crippen molar-refractivity contribution in [2.75, 3.05) is 0 Å². The van der Waals surface area contributed by atoms with E-state index in [2.05, 4.69) is 28.9 Å². The van der Waals surface area contributed by atoms with Crippen LogP contribution in [0.25, 0.3) is 0 Å². The SMILES string of the molecule is CCC(N)Cc1cc(OCc2ccc(Cl)cc2)ccc1Br. The number of hydrogen-bond donors (Lipinski definition) is 1. The lowest BCUT2D eigenvalue weighted by Crippen LogP contribution is -2.21. The molecule has 4 heteroatoms. The van der Waals surface area contributed by atoms with E-state index in [4.69, 9.17) is 22.1 Å². The predicted molar refractivity (Wildman–Crippen MR) is 91.9 cm³/mol. The minimum absolute atomic E-state index is 0.174. The van der Waals surface area contributed by atoms with Gasteiger partial charge in [0.05, 0.1) is 0 Å². The van der Waals surface area contributed by atoms with Crippen LogP contribution in [0.15, 0.2) is 46.9 Å². The molecule has 0 saturated carbocycles. The Morgan fingerprint density at radius 1 is 1.19 bits per heavy atom. The zero-order valence-electron chi connectivity index (χ0n) is 12.0. The number of halogens is 2. The first-order chi connectivity index (χ1) is 10.1. The highest BCUT2D eigenvalue weighted by Gasteiger charge is 2.07. The van der Waals surface area contributed by atoms with E-state index in [1.807, 2.05) is 36.4 Å². The maximum Gasteiger partial charge on any atom is 0.120 e. The molecular weight excluding hydrogens is 350 g/mol. The summed E-state index contributed by atoms with van der Waals surface area (Å²) in [5, 5.41) is 0.734. The van der Waals surface area contributed by atoms with Gasteiger partial charge in [0, 0.05) is 15.5 Å². The molecule has 2 aromatic rings. The van der Waals surface area contributed by atoms with E-state index in [-0.39, 0.29) is 6.04 Å². The van der Waals surface area contributed by atoms with Crippen molar-refractivity contribution in [2.24, 2.45) is 5.73 Å². The molecule has 2 aromatic carbocycles. The van der Waals surface area contributed by atoms with Gasteiger partial charge < -0.3 is 10.5 Å². The first-order valence-electron chi connectivity index (χ1n) is 6.99. The van der Waals surface area contributed by atoms with Crippen LogP contribution >= 0.6 is 27.5 Å². The molecule has 2 nitrogen and oxygen atoms in total. The Balaban J connectivity index is 2.03. The molecule has 21 heavy (non-hydrogen) atoms. The summed E-state index contributed by atoms with van der Waals surface area (Å²) in [6.45, 7) is 2.62. The average molecular weight is 369 g/mol. The zero-order chi connectivity index (χ0) is 15.2. The molecular formula is C17H19BrClNO. The molecule has 0 amide bonds. The summed E-state index contributed by atoms with van der Waals surface area (Å²) in [6.07, 6.45) is 1.80. The summed E-state index contributed by atoms with van der Waals surface area (Å²) in [4.78, 5) is 0. The van der Waals surface area contributed by atoms with Crippen molar-refractivity contribution in [2.45, 2.75) is 32.4 Å². The molecule has 1 unspecified atom stereocenters. The minimum Gasteiger partial charge on any atom is -0.489 e. The zero-order valence-corrected chi connectivity index (χ0v) is 14.3. The average Bonchev–Trinajstić information content (AvgIpc) is 2.49. The third-order valence-electron chi connectivity index (χ3n) is 3.34. The van der Waals surface area contributed by atoms with Crippen molar-refractivity contribution < 1.29 is 4.74 Å². The molecule has 0 saturated heterocycles. The van der Waals surface area contributed by atoms with Gasteiger partial charge in [0.15, 0.2) is 0 Å². The van der Waals surface area contributed by atoms with Gasteiger partial charge in [-0.05, 0) is 54.3 Å². The van der Waals surface area contributed by atoms with E-state index in [1.165, 1.54) is 5.56 Å². The van der Waals surface area contributed by atoms with Crippen LogP contribution in [-0.2, 0) is 13.0 Å². The van der Waals surface area contributed by atoms with Crippen molar-refractivity contribution in [3.05, 3.63) is 63.1 Å². The Hall–Kier alpha value is -1.03. The Morgan fingerprint density at radius 2 is 1.90 bits per heavy atom. The molecule has 0 heterocycles. The standard InChI is InChI=1S/C17H19BrClNO/c1-2-15(20)9-13-10-16(7-8-17(13)18)21-11-12-3-5-14(19)6-4-12/h3-8,10,15H,2,9,11,20H2,1H3. The fraction of sp³-hybridized carbons (Fsp3) is 0.294. The Kier molecular flexibility index (Phi) is 6.09. The van der Waals surface area contributed by atoms with Gasteiger partial charge in [-0.2, -0.15) is 0 Å². The van der Waals surface area contributed by atoms with Gasteiger partial charge >= 0.3 is 0 Å². The van der Waals surface area contributed by atoms with Crippen molar-refractivity contribution >= 4 is 27.5 Å². The van der Waals surface area contributed by atoms with Crippen LogP contribution in [0.4, 0.5) is 0 Å². The van der Waals surface area contributed by atoms with Gasteiger partial charge in [0.25, 0.3) is 0 Å². The van der Waals surface area contributed by atoms with Crippen LogP contribution < -0.4 is 10.5 Å². The van der Waals surface area contributed by atoms with Gasteiger partial charge in [-0.1, -0.05) is 46.6 Å². The number of ether oxygens (including phenoxy) is 1. The van der Waals surface area contributed by atoms with Gasteiger partial charge in [0.1, 0.15) is 12.4 Å². The smallest absolute Gasteiger partial charge is 0.120 e. The van der Waals surface area contributed by atoms with E-state index in [1.54, 1.807) is 0 Å². The molecule has 2 rings (SSSR count). The third kappa shape index (κ3) is 5.03. The fourth-order valence-electron chi connectivity index (χ4n) is 1.97. The second-order valence-corrected chi connectivity index (χ2v) is 6.33. The van der Waals surface area contributed by atoms with Crippen LogP contribution in [0, 0.1) is 0 Å². The summed E-state index contributed by atoms with van der Waals surface area (Å²) >= 11 is 9.44. The quantitative estimate of drug-likeness (QED) is 0.782. The summed E-state index contributed by atoms with van der Waals surface area (Å²) in [5.41, 5.74) is 8.30. The summed E-state index contributed by atoms with van der Waals surface area (Å²) < 4.78 is 6.91. The third-order valence-corrected chi connectivity index (χ3v) is 4.37. The lowest BCUT2D eigenvalue weighted by molar-refractivity contribution is 0.306. The molecule has 1 atom stereocenters. The molecule has 0 bridgehead atoms. The van der Waals surface area contributed by atoms with Crippen LogP contribution in [0.2, 0.25) is 5.02 Å². The number of rotatable bonds is 6. The summed E-state index contributed by atoms with van der Waals surface area (Å²) in [5.74, 6) is 0.853. The molecule has 112 valence electrons. The molecule has 0 aliphatic rings. The topological polar surface area (TPSA) is 35.2 Å². The van der Waals surface area contributed by atoms with Gasteiger partial charge in [-0.3, -0.25) is 0 Å². The maximum atomic E-state index is 6.03. The van der Waals surface area contributed by atoms with Gasteiger partial charge in [0.2, 0.25) is 0 Å². The molecule has 0 spiro atoms. The highest BCUT2D eigenvalue weighted by atomic mass is 79.9. The van der Waals surface area contributed by atoms with E-state index < -0.39 is 0 Å². The van der Waals surface area contributed by atoms with Crippen molar-refractivity contribution in [1.29, 1.82) is 0 Å². The molecule has 0 aliphatic heterocycles. The van der Waals surface area contributed by atoms with Gasteiger partial charge in [-0.15, -0.1) is 0 Å². The molecule has 0 radical (unpaired) electrons. The van der Waals surface area contributed by atoms with Crippen LogP contribution in [0.3, 0.4) is 0 Å². The van der Waals surface area contributed by atoms with Crippen LogP contribution in [0.1, 0.15) is 24.5 Å². The lowest BCUT2D eigenvalue weighted by atomic mass is 10.0. The second kappa shape index (κ2) is 7.83. The largest absolute Gasteiger partial charge is 0.489 e. The number of benzene rings is 2. The van der Waals surface area contributed by atoms with E-state index in [9.17, 15) is 0 Å². The molecule has 0 aromatic heterocycles. The first-order valence-corrected chi connectivity index (χ1v) is 8.17. The van der Waals surface area contributed by atoms with Crippen molar-refractivity contribution in [3.8, 4) is 5.75 Å². The maximum absolute atomic E-state index is 6.03. The molecule has 2 N–H and O–H groups in total. The molecule has 0 fully saturated rings. The van der Waals surface area contributed by atoms with Crippen LogP contribution in [0.5, 0.6) is 5.75 Å². The van der Waals surface area contributed by atoms with Gasteiger partial charge in [-0.25, -0.2) is 0 Å². The monoisotopic (exact) mass is 367 g/mol. The second-order valence-electron chi connectivity index (χ2n) is 5.04. The Labute approximate surface area is 139 Å². The van der Waals surface area contributed by atoms with Crippen LogP contribution in [-0.4, -0.2) is 6.04 Å². The number of nitrogens with two attached hydrogens (primary N) is 1.